The molecule has 1 saturated carbocycles. The van der Waals surface area contributed by atoms with Gasteiger partial charge in [0.15, 0.2) is 0 Å². The van der Waals surface area contributed by atoms with Gasteiger partial charge in [-0.15, -0.1) is 0 Å². The average molecular weight is 275 g/mol. The molecule has 0 saturated heterocycles. The molecule has 2 atom stereocenters. The van der Waals surface area contributed by atoms with Crippen molar-refractivity contribution < 1.29 is 9.59 Å². The fourth-order valence-electron chi connectivity index (χ4n) is 2.85. The summed E-state index contributed by atoms with van der Waals surface area (Å²) in [5.74, 6) is -0.173. The number of aryl methyl sites for hydroxylation is 1. The first-order chi connectivity index (χ1) is 9.52. The first-order valence-electron chi connectivity index (χ1n) is 6.94. The van der Waals surface area contributed by atoms with Gasteiger partial charge >= 0.3 is 0 Å². The molecule has 1 fully saturated rings. The Bertz CT molecular complexity index is 528. The van der Waals surface area contributed by atoms with E-state index in [0.717, 1.165) is 30.5 Å². The molecule has 108 valence electrons. The van der Waals surface area contributed by atoms with Crippen molar-refractivity contribution in [2.75, 3.05) is 11.9 Å². The van der Waals surface area contributed by atoms with Crippen LogP contribution in [-0.4, -0.2) is 18.4 Å². The highest BCUT2D eigenvalue weighted by molar-refractivity contribution is 5.96. The second kappa shape index (κ2) is 6.05. The minimum Gasteiger partial charge on any atom is -0.366 e. The van der Waals surface area contributed by atoms with Crippen LogP contribution in [-0.2, 0) is 4.79 Å². The number of nitrogens with one attached hydrogen (secondary N) is 1. The van der Waals surface area contributed by atoms with Crippen molar-refractivity contribution in [3.63, 3.8) is 0 Å². The molecule has 2 amide bonds. The number of rotatable bonds is 4. The molecule has 2 rings (SSSR count). The van der Waals surface area contributed by atoms with Gasteiger partial charge in [-0.3, -0.25) is 9.59 Å². The zero-order valence-electron chi connectivity index (χ0n) is 11.7. The number of primary amides is 1. The van der Waals surface area contributed by atoms with Crippen LogP contribution >= 0.6 is 0 Å². The van der Waals surface area contributed by atoms with E-state index in [0.29, 0.717) is 12.1 Å². The highest BCUT2D eigenvalue weighted by Crippen LogP contribution is 2.32. The third-order valence-electron chi connectivity index (χ3n) is 4.07. The summed E-state index contributed by atoms with van der Waals surface area (Å²) in [6.07, 6.45) is 2.97. The molecule has 1 aliphatic carbocycles. The number of carbonyl (C=O) groups is 2. The Morgan fingerprint density at radius 2 is 2.10 bits per heavy atom. The number of hydrogen-bond acceptors (Lipinski definition) is 3. The predicted molar refractivity (Wildman–Crippen MR) is 78.2 cm³/mol. The normalized spacial score (nSPS) is 21.7. The van der Waals surface area contributed by atoms with Crippen molar-refractivity contribution in [2.24, 2.45) is 23.3 Å². The van der Waals surface area contributed by atoms with E-state index < -0.39 is 5.91 Å². The Balaban J connectivity index is 2.10. The highest BCUT2D eigenvalue weighted by Gasteiger charge is 2.32. The molecular weight excluding hydrogens is 254 g/mol. The molecule has 0 heterocycles. The van der Waals surface area contributed by atoms with E-state index in [4.69, 9.17) is 11.5 Å². The van der Waals surface area contributed by atoms with E-state index in [2.05, 4.69) is 5.32 Å². The van der Waals surface area contributed by atoms with Crippen molar-refractivity contribution in [3.05, 3.63) is 29.3 Å². The molecule has 0 aromatic heterocycles. The number of nitrogens with two attached hydrogens (primary N) is 2. The van der Waals surface area contributed by atoms with E-state index >= 15 is 0 Å². The van der Waals surface area contributed by atoms with Crippen LogP contribution in [0.4, 0.5) is 5.69 Å². The van der Waals surface area contributed by atoms with Crippen LogP contribution in [0.2, 0.25) is 0 Å². The topological polar surface area (TPSA) is 98.2 Å². The quantitative estimate of drug-likeness (QED) is 0.774. The van der Waals surface area contributed by atoms with Gasteiger partial charge in [0.2, 0.25) is 11.8 Å². The Labute approximate surface area is 118 Å². The van der Waals surface area contributed by atoms with Gasteiger partial charge in [-0.05, 0) is 56.0 Å². The maximum Gasteiger partial charge on any atom is 0.248 e. The first-order valence-corrected chi connectivity index (χ1v) is 6.94. The van der Waals surface area contributed by atoms with Gasteiger partial charge in [0.1, 0.15) is 0 Å². The second-order valence-electron chi connectivity index (χ2n) is 5.42. The fourth-order valence-corrected chi connectivity index (χ4v) is 2.85. The minimum atomic E-state index is -0.468. The maximum atomic E-state index is 12.3. The van der Waals surface area contributed by atoms with Gasteiger partial charge in [-0.2, -0.15) is 0 Å². The number of hydrogen-bond donors (Lipinski definition) is 3. The first kappa shape index (κ1) is 14.5. The molecule has 5 heteroatoms. The Morgan fingerprint density at radius 3 is 2.70 bits per heavy atom. The van der Waals surface area contributed by atoms with Crippen molar-refractivity contribution in [1.82, 2.24) is 0 Å². The SMILES string of the molecule is Cc1cc(C(N)=O)ccc1NC(=O)C1CCCC1CN. The van der Waals surface area contributed by atoms with Crippen LogP contribution in [0.1, 0.15) is 35.2 Å². The molecule has 0 aliphatic heterocycles. The van der Waals surface area contributed by atoms with Crippen LogP contribution < -0.4 is 16.8 Å². The molecule has 0 spiro atoms. The molecule has 20 heavy (non-hydrogen) atoms. The predicted octanol–water partition coefficient (Wildman–Crippen LogP) is 1.41. The number of amides is 2. The van der Waals surface area contributed by atoms with E-state index in [-0.39, 0.29) is 17.7 Å². The van der Waals surface area contributed by atoms with Crippen molar-refractivity contribution >= 4 is 17.5 Å². The lowest BCUT2D eigenvalue weighted by Crippen LogP contribution is -2.30. The molecule has 0 bridgehead atoms. The number of benzene rings is 1. The smallest absolute Gasteiger partial charge is 0.248 e. The van der Waals surface area contributed by atoms with E-state index in [1.807, 2.05) is 6.92 Å². The summed E-state index contributed by atoms with van der Waals surface area (Å²) < 4.78 is 0. The minimum absolute atomic E-state index is 0.00443. The summed E-state index contributed by atoms with van der Waals surface area (Å²) in [7, 11) is 0. The lowest BCUT2D eigenvalue weighted by atomic mass is 9.95. The van der Waals surface area contributed by atoms with Crippen molar-refractivity contribution in [1.29, 1.82) is 0 Å². The zero-order valence-corrected chi connectivity index (χ0v) is 11.7. The Morgan fingerprint density at radius 1 is 1.35 bits per heavy atom. The molecule has 5 nitrogen and oxygen atoms in total. The second-order valence-corrected chi connectivity index (χ2v) is 5.42. The van der Waals surface area contributed by atoms with E-state index in [1.165, 1.54) is 0 Å². The molecular formula is C15H21N3O2. The monoisotopic (exact) mass is 275 g/mol. The summed E-state index contributed by atoms with van der Waals surface area (Å²) in [6.45, 7) is 2.40. The number of carbonyl (C=O) groups excluding carboxylic acids is 2. The van der Waals surface area contributed by atoms with Crippen LogP contribution in [0, 0.1) is 18.8 Å². The summed E-state index contributed by atoms with van der Waals surface area (Å²) >= 11 is 0. The third-order valence-corrected chi connectivity index (χ3v) is 4.07. The van der Waals surface area contributed by atoms with Gasteiger partial charge in [0.05, 0.1) is 0 Å². The molecule has 0 radical (unpaired) electrons. The van der Waals surface area contributed by atoms with Gasteiger partial charge in [0, 0.05) is 17.2 Å². The molecule has 1 aliphatic rings. The molecule has 1 aromatic rings. The lowest BCUT2D eigenvalue weighted by Gasteiger charge is -2.18. The summed E-state index contributed by atoms with van der Waals surface area (Å²) in [4.78, 5) is 23.4. The summed E-state index contributed by atoms with van der Waals surface area (Å²) in [5.41, 5.74) is 12.9. The standard InChI is InChI=1S/C15H21N3O2/c1-9-7-10(14(17)19)5-6-13(9)18-15(20)12-4-2-3-11(12)8-16/h5-7,11-12H,2-4,8,16H2,1H3,(H2,17,19)(H,18,20). The largest absolute Gasteiger partial charge is 0.366 e. The molecule has 1 aromatic carbocycles. The van der Waals surface area contributed by atoms with Crippen molar-refractivity contribution in [2.45, 2.75) is 26.2 Å². The molecule has 5 N–H and O–H groups in total. The van der Waals surface area contributed by atoms with Crippen LogP contribution in [0.15, 0.2) is 18.2 Å². The Kier molecular flexibility index (Phi) is 4.39. The van der Waals surface area contributed by atoms with Crippen LogP contribution in [0.25, 0.3) is 0 Å². The van der Waals surface area contributed by atoms with Gasteiger partial charge in [-0.25, -0.2) is 0 Å². The van der Waals surface area contributed by atoms with Gasteiger partial charge < -0.3 is 16.8 Å². The highest BCUT2D eigenvalue weighted by atomic mass is 16.2. The summed E-state index contributed by atoms with van der Waals surface area (Å²) in [5, 5.41) is 2.94. The van der Waals surface area contributed by atoms with E-state index in [1.54, 1.807) is 18.2 Å². The third kappa shape index (κ3) is 2.99. The zero-order chi connectivity index (χ0) is 14.7. The lowest BCUT2D eigenvalue weighted by molar-refractivity contribution is -0.120. The van der Waals surface area contributed by atoms with Gasteiger partial charge in [0.25, 0.3) is 0 Å². The average Bonchev–Trinajstić information content (AvgIpc) is 2.89. The van der Waals surface area contributed by atoms with Crippen molar-refractivity contribution in [3.8, 4) is 0 Å². The van der Waals surface area contributed by atoms with E-state index in [9.17, 15) is 9.59 Å². The summed E-state index contributed by atoms with van der Waals surface area (Å²) in [6, 6.07) is 5.03. The van der Waals surface area contributed by atoms with Crippen LogP contribution in [0.3, 0.4) is 0 Å². The maximum absolute atomic E-state index is 12.3. The van der Waals surface area contributed by atoms with Gasteiger partial charge in [-0.1, -0.05) is 6.42 Å². The Hall–Kier alpha value is -1.88. The molecule has 2 unspecified atom stereocenters. The fraction of sp³-hybridized carbons (Fsp3) is 0.467. The van der Waals surface area contributed by atoms with Crippen LogP contribution in [0.5, 0.6) is 0 Å². The number of anilines is 1.